The van der Waals surface area contributed by atoms with Crippen molar-refractivity contribution in [2.75, 3.05) is 6.54 Å². The predicted molar refractivity (Wildman–Crippen MR) is 156 cm³/mol. The molecule has 1 amide bonds. The molecule has 1 fully saturated rings. The van der Waals surface area contributed by atoms with Gasteiger partial charge in [-0.1, -0.05) is 42.5 Å². The molecule has 1 aliphatic heterocycles. The number of aliphatic imine (C=N–C) groups is 1. The normalized spacial score (nSPS) is 15.6. The van der Waals surface area contributed by atoms with Gasteiger partial charge >= 0.3 is 5.97 Å². The number of hydrogen-bond donors (Lipinski definition) is 2. The molecule has 2 N–H and O–H groups in total. The molecule has 0 saturated carbocycles. The van der Waals surface area contributed by atoms with E-state index in [1.807, 2.05) is 89.8 Å². The lowest BCUT2D eigenvalue weighted by atomic mass is 10.1. The molecule has 0 radical (unpaired) electrons. The van der Waals surface area contributed by atoms with Crippen molar-refractivity contribution in [2.45, 2.75) is 6.42 Å². The van der Waals surface area contributed by atoms with Crippen LogP contribution in [0.5, 0.6) is 0 Å². The number of aromatic carboxylic acids is 1. The molecule has 0 spiro atoms. The number of nitrogens with one attached hydrogen (secondary N) is 1. The van der Waals surface area contributed by atoms with Gasteiger partial charge in [-0.2, -0.15) is 0 Å². The zero-order valence-electron chi connectivity index (χ0n) is 20.8. The molecule has 8 heteroatoms. The Balaban J connectivity index is 1.33. The third-order valence-electron chi connectivity index (χ3n) is 6.58. The quantitative estimate of drug-likeness (QED) is 0.234. The number of carbonyl (C=O) groups is 2. The van der Waals surface area contributed by atoms with Crippen LogP contribution in [-0.4, -0.2) is 43.1 Å². The van der Waals surface area contributed by atoms with E-state index < -0.39 is 5.97 Å². The summed E-state index contributed by atoms with van der Waals surface area (Å²) in [6.07, 6.45) is 6.37. The van der Waals surface area contributed by atoms with Crippen molar-refractivity contribution in [3.8, 4) is 5.69 Å². The topological polar surface area (TPSA) is 90.7 Å². The lowest BCUT2D eigenvalue weighted by molar-refractivity contribution is -0.122. The van der Waals surface area contributed by atoms with Gasteiger partial charge in [0.2, 0.25) is 0 Å². The highest BCUT2D eigenvalue weighted by molar-refractivity contribution is 8.18. The Morgan fingerprint density at radius 2 is 1.79 bits per heavy atom. The second-order valence-electron chi connectivity index (χ2n) is 9.07. The Morgan fingerprint density at radius 1 is 0.974 bits per heavy atom. The molecule has 3 heterocycles. The third-order valence-corrected chi connectivity index (χ3v) is 7.59. The van der Waals surface area contributed by atoms with E-state index in [2.05, 4.69) is 11.1 Å². The average Bonchev–Trinajstić information content (AvgIpc) is 3.67. The van der Waals surface area contributed by atoms with Gasteiger partial charge in [0.25, 0.3) is 5.91 Å². The molecule has 39 heavy (non-hydrogen) atoms. The van der Waals surface area contributed by atoms with Gasteiger partial charge in [-0.15, -0.1) is 0 Å². The smallest absolute Gasteiger partial charge is 0.335 e. The maximum absolute atomic E-state index is 13.7. The number of aromatic amines is 1. The summed E-state index contributed by atoms with van der Waals surface area (Å²) in [6.45, 7) is 0.484. The van der Waals surface area contributed by atoms with E-state index in [0.717, 1.165) is 27.8 Å². The van der Waals surface area contributed by atoms with Crippen LogP contribution < -0.4 is 0 Å². The van der Waals surface area contributed by atoms with Crippen LogP contribution in [0.1, 0.15) is 21.6 Å². The van der Waals surface area contributed by atoms with Crippen LogP contribution in [0, 0.1) is 0 Å². The van der Waals surface area contributed by atoms with E-state index in [1.165, 1.54) is 11.8 Å². The van der Waals surface area contributed by atoms with E-state index in [0.29, 0.717) is 28.7 Å². The molecule has 0 unspecified atom stereocenters. The Bertz CT molecular complexity index is 1750. The van der Waals surface area contributed by atoms with E-state index in [9.17, 15) is 14.7 Å². The highest BCUT2D eigenvalue weighted by atomic mass is 32.2. The Labute approximate surface area is 229 Å². The lowest BCUT2D eigenvalue weighted by Crippen LogP contribution is -2.31. The number of carbonyl (C=O) groups excluding carboxylic acids is 1. The zero-order chi connectivity index (χ0) is 26.8. The molecule has 7 nitrogen and oxygen atoms in total. The monoisotopic (exact) mass is 532 g/mol. The molecule has 0 aliphatic carbocycles. The number of carboxylic acids is 1. The van der Waals surface area contributed by atoms with Gasteiger partial charge in [0.1, 0.15) is 0 Å². The molecule has 2 aromatic heterocycles. The first kappa shape index (κ1) is 24.5. The average molecular weight is 533 g/mol. The number of nitrogens with zero attached hydrogens (tertiary/aromatic N) is 3. The fourth-order valence-electron chi connectivity index (χ4n) is 4.64. The van der Waals surface area contributed by atoms with E-state index >= 15 is 0 Å². The highest BCUT2D eigenvalue weighted by Gasteiger charge is 2.33. The maximum Gasteiger partial charge on any atom is 0.335 e. The number of amidine groups is 1. The Hall–Kier alpha value is -4.82. The first-order valence-corrected chi connectivity index (χ1v) is 13.3. The molecule has 5 aromatic rings. The van der Waals surface area contributed by atoms with Crippen molar-refractivity contribution >= 4 is 51.5 Å². The molecule has 3 aromatic carbocycles. The van der Waals surface area contributed by atoms with Crippen LogP contribution in [0.15, 0.2) is 113 Å². The highest BCUT2D eigenvalue weighted by Crippen LogP contribution is 2.35. The standard InChI is InChI=1S/C31H24N4O3S/c36-29-28(19-25-12-7-16-34(25)24-11-6-8-21(18-24)30(37)38)39-31(33-23-9-2-1-3-10-23)35(29)17-15-22-20-32-27-14-5-4-13-26(22)27/h1-14,16,18-20,32H,15,17H2,(H,37,38). The molecule has 0 atom stereocenters. The van der Waals surface area contributed by atoms with Gasteiger partial charge in [0.05, 0.1) is 16.2 Å². The Morgan fingerprint density at radius 3 is 2.64 bits per heavy atom. The van der Waals surface area contributed by atoms with Crippen molar-refractivity contribution in [2.24, 2.45) is 4.99 Å². The number of carboxylic acid groups (broad SMARTS) is 1. The molecule has 0 bridgehead atoms. The number of benzene rings is 3. The zero-order valence-corrected chi connectivity index (χ0v) is 21.6. The fourth-order valence-corrected chi connectivity index (χ4v) is 5.65. The summed E-state index contributed by atoms with van der Waals surface area (Å²) in [7, 11) is 0. The van der Waals surface area contributed by atoms with Gasteiger partial charge in [-0.05, 0) is 78.4 Å². The summed E-state index contributed by atoms with van der Waals surface area (Å²) < 4.78 is 1.87. The molecule has 6 rings (SSSR count). The third kappa shape index (κ3) is 5.02. The van der Waals surface area contributed by atoms with Gasteiger partial charge < -0.3 is 14.7 Å². The number of amides is 1. The number of para-hydroxylation sites is 2. The number of aromatic nitrogens is 2. The summed E-state index contributed by atoms with van der Waals surface area (Å²) in [6, 6.07) is 28.2. The van der Waals surface area contributed by atoms with Crippen LogP contribution in [0.3, 0.4) is 0 Å². The molecule has 192 valence electrons. The SMILES string of the molecule is O=C(O)c1cccc(-n2cccc2C=C2SC(=Nc3ccccc3)N(CCc3c[nH]c4ccccc34)C2=O)c1. The molecule has 1 saturated heterocycles. The number of fused-ring (bicyclic) bond motifs is 1. The van der Waals surface area contributed by atoms with Crippen molar-refractivity contribution < 1.29 is 14.7 Å². The van der Waals surface area contributed by atoms with Crippen molar-refractivity contribution in [3.63, 3.8) is 0 Å². The van der Waals surface area contributed by atoms with Crippen LogP contribution in [0.2, 0.25) is 0 Å². The summed E-state index contributed by atoms with van der Waals surface area (Å²) >= 11 is 1.34. The molecular formula is C31H24N4O3S. The second kappa shape index (κ2) is 10.5. The van der Waals surface area contributed by atoms with Crippen molar-refractivity contribution in [3.05, 3.63) is 125 Å². The fraction of sp³-hybridized carbons (Fsp3) is 0.0645. The van der Waals surface area contributed by atoms with E-state index in [1.54, 1.807) is 23.1 Å². The van der Waals surface area contributed by atoms with E-state index in [4.69, 9.17) is 4.99 Å². The number of H-pyrrole nitrogens is 1. The number of thioether (sulfide) groups is 1. The summed E-state index contributed by atoms with van der Waals surface area (Å²) in [5, 5.41) is 11.2. The first-order valence-electron chi connectivity index (χ1n) is 12.5. The summed E-state index contributed by atoms with van der Waals surface area (Å²) in [5.74, 6) is -1.10. The van der Waals surface area contributed by atoms with Crippen LogP contribution in [-0.2, 0) is 11.2 Å². The Kier molecular flexibility index (Phi) is 6.61. The minimum Gasteiger partial charge on any atom is -0.478 e. The van der Waals surface area contributed by atoms with Gasteiger partial charge in [-0.3, -0.25) is 9.69 Å². The number of hydrogen-bond acceptors (Lipinski definition) is 4. The van der Waals surface area contributed by atoms with E-state index in [-0.39, 0.29) is 11.5 Å². The second-order valence-corrected chi connectivity index (χ2v) is 10.1. The van der Waals surface area contributed by atoms with Gasteiger partial charge in [-0.25, -0.2) is 9.79 Å². The minimum atomic E-state index is -0.988. The molecular weight excluding hydrogens is 508 g/mol. The van der Waals surface area contributed by atoms with Crippen LogP contribution >= 0.6 is 11.8 Å². The maximum atomic E-state index is 13.7. The summed E-state index contributed by atoms with van der Waals surface area (Å²) in [4.78, 5) is 35.6. The number of rotatable bonds is 7. The van der Waals surface area contributed by atoms with Gasteiger partial charge in [0, 0.05) is 41.2 Å². The van der Waals surface area contributed by atoms with Crippen molar-refractivity contribution in [1.82, 2.24) is 14.5 Å². The van der Waals surface area contributed by atoms with Gasteiger partial charge in [0.15, 0.2) is 5.17 Å². The van der Waals surface area contributed by atoms with Crippen LogP contribution in [0.25, 0.3) is 22.7 Å². The predicted octanol–water partition coefficient (Wildman–Crippen LogP) is 6.50. The van der Waals surface area contributed by atoms with Crippen LogP contribution in [0.4, 0.5) is 5.69 Å². The first-order chi connectivity index (χ1) is 19.1. The minimum absolute atomic E-state index is 0.110. The van der Waals surface area contributed by atoms with Crippen molar-refractivity contribution in [1.29, 1.82) is 0 Å². The summed E-state index contributed by atoms with van der Waals surface area (Å²) in [5.41, 5.74) is 4.67. The lowest BCUT2D eigenvalue weighted by Gasteiger charge is -2.15. The molecule has 1 aliphatic rings. The largest absolute Gasteiger partial charge is 0.478 e.